The number of nitrogens with two attached hydrogens (primary N) is 1. The van der Waals surface area contributed by atoms with E-state index in [4.69, 9.17) is 22.5 Å². The highest BCUT2D eigenvalue weighted by atomic mass is 35.5. The van der Waals surface area contributed by atoms with Gasteiger partial charge in [-0.15, -0.1) is 0 Å². The van der Waals surface area contributed by atoms with Crippen molar-refractivity contribution in [2.45, 2.75) is 31.3 Å². The minimum absolute atomic E-state index is 0.107. The zero-order chi connectivity index (χ0) is 15.0. The number of hydrogen-bond donors (Lipinski definition) is 2. The first-order valence-electron chi connectivity index (χ1n) is 7.34. The molecular weight excluding hydrogens is 288 g/mol. The van der Waals surface area contributed by atoms with E-state index < -0.39 is 0 Å². The molecule has 2 fully saturated rings. The van der Waals surface area contributed by atoms with Crippen LogP contribution in [-0.4, -0.2) is 48.2 Å². The summed E-state index contributed by atoms with van der Waals surface area (Å²) in [5, 5.41) is 12.7. The molecule has 3 rings (SSSR count). The molecule has 0 spiro atoms. The number of oxime groups is 1. The second-order valence-corrected chi connectivity index (χ2v) is 6.37. The van der Waals surface area contributed by atoms with Crippen LogP contribution in [-0.2, 0) is 0 Å². The Bertz CT molecular complexity index is 563. The molecule has 0 saturated carbocycles. The molecule has 3 N–H and O–H groups in total. The number of likely N-dealkylation sites (N-methyl/N-ethyl adjacent to an activating group) is 1. The monoisotopic (exact) mass is 308 g/mol. The van der Waals surface area contributed by atoms with E-state index in [9.17, 15) is 0 Å². The molecule has 2 bridgehead atoms. The first-order chi connectivity index (χ1) is 10.1. The first-order valence-corrected chi connectivity index (χ1v) is 7.72. The van der Waals surface area contributed by atoms with E-state index >= 15 is 0 Å². The zero-order valence-corrected chi connectivity index (χ0v) is 12.9. The van der Waals surface area contributed by atoms with Gasteiger partial charge in [0, 0.05) is 41.4 Å². The molecule has 0 aliphatic carbocycles. The molecule has 2 unspecified atom stereocenters. The lowest BCUT2D eigenvalue weighted by molar-refractivity contribution is 0.254. The third kappa shape index (κ3) is 2.68. The van der Waals surface area contributed by atoms with Crippen molar-refractivity contribution < 1.29 is 5.21 Å². The number of nitrogens with zero attached hydrogens (tertiary/aromatic N) is 3. The fraction of sp³-hybridized carbons (Fsp3) is 0.533. The maximum Gasteiger partial charge on any atom is 0.172 e. The molecule has 2 atom stereocenters. The third-order valence-corrected chi connectivity index (χ3v) is 5.07. The Morgan fingerprint density at radius 1 is 1.33 bits per heavy atom. The smallest absolute Gasteiger partial charge is 0.172 e. The number of rotatable bonds is 2. The van der Waals surface area contributed by atoms with Crippen LogP contribution in [0, 0.1) is 0 Å². The van der Waals surface area contributed by atoms with Crippen molar-refractivity contribution in [1.29, 1.82) is 0 Å². The van der Waals surface area contributed by atoms with Crippen LogP contribution in [0.1, 0.15) is 24.8 Å². The molecule has 2 aliphatic heterocycles. The van der Waals surface area contributed by atoms with Crippen molar-refractivity contribution in [3.63, 3.8) is 0 Å². The lowest BCUT2D eigenvalue weighted by Crippen LogP contribution is -2.37. The van der Waals surface area contributed by atoms with Crippen molar-refractivity contribution in [3.8, 4) is 0 Å². The van der Waals surface area contributed by atoms with E-state index in [-0.39, 0.29) is 5.84 Å². The van der Waals surface area contributed by atoms with Gasteiger partial charge in [0.05, 0.1) is 0 Å². The molecule has 1 aromatic rings. The van der Waals surface area contributed by atoms with E-state index in [2.05, 4.69) is 22.0 Å². The van der Waals surface area contributed by atoms with E-state index in [1.54, 1.807) is 6.07 Å². The summed E-state index contributed by atoms with van der Waals surface area (Å²) in [5.74, 6) is 0.107. The Balaban J connectivity index is 1.93. The molecule has 0 amide bonds. The Labute approximate surface area is 130 Å². The summed E-state index contributed by atoms with van der Waals surface area (Å²) < 4.78 is 0. The lowest BCUT2D eigenvalue weighted by Gasteiger charge is -2.29. The normalized spacial score (nSPS) is 27.0. The maximum atomic E-state index is 9.00. The predicted molar refractivity (Wildman–Crippen MR) is 85.4 cm³/mol. The molecule has 0 aromatic heterocycles. The summed E-state index contributed by atoms with van der Waals surface area (Å²) >= 11 is 6.06. The molecule has 0 radical (unpaired) electrons. The van der Waals surface area contributed by atoms with Gasteiger partial charge in [-0.1, -0.05) is 16.8 Å². The summed E-state index contributed by atoms with van der Waals surface area (Å²) in [6.07, 6.45) is 3.68. The van der Waals surface area contributed by atoms with Crippen LogP contribution in [0.5, 0.6) is 0 Å². The summed E-state index contributed by atoms with van der Waals surface area (Å²) in [6.45, 7) is 1.96. The van der Waals surface area contributed by atoms with Crippen LogP contribution in [0.15, 0.2) is 23.4 Å². The van der Waals surface area contributed by atoms with Crippen LogP contribution in [0.2, 0.25) is 5.02 Å². The van der Waals surface area contributed by atoms with Crippen LogP contribution in [0.3, 0.4) is 0 Å². The summed E-state index contributed by atoms with van der Waals surface area (Å²) in [6, 6.07) is 6.85. The highest BCUT2D eigenvalue weighted by molar-refractivity contribution is 6.31. The third-order valence-electron chi connectivity index (χ3n) is 4.83. The molecule has 21 heavy (non-hydrogen) atoms. The second-order valence-electron chi connectivity index (χ2n) is 5.93. The Hall–Kier alpha value is -1.46. The van der Waals surface area contributed by atoms with Gasteiger partial charge in [-0.05, 0) is 44.5 Å². The SMILES string of the molecule is CN1C2CCC1CN(c1ccc(Cl)cc1C(N)=NO)CC2. The fourth-order valence-corrected chi connectivity index (χ4v) is 3.74. The molecule has 5 nitrogen and oxygen atoms in total. The average Bonchev–Trinajstić information content (AvgIpc) is 2.72. The number of hydrogen-bond acceptors (Lipinski definition) is 4. The number of fused-ring (bicyclic) bond motifs is 2. The largest absolute Gasteiger partial charge is 0.409 e. The minimum Gasteiger partial charge on any atom is -0.409 e. The predicted octanol–water partition coefficient (Wildman–Crippen LogP) is 2.11. The second kappa shape index (κ2) is 5.73. The van der Waals surface area contributed by atoms with Crippen molar-refractivity contribution in [3.05, 3.63) is 28.8 Å². The standard InChI is InChI=1S/C15H21ClN4O/c1-19-11-3-4-12(19)9-20(7-6-11)14-5-2-10(16)8-13(14)15(17)18-21/h2,5,8,11-12,21H,3-4,6-7,9H2,1H3,(H2,17,18). The van der Waals surface area contributed by atoms with Crippen LogP contribution in [0.4, 0.5) is 5.69 Å². The zero-order valence-electron chi connectivity index (χ0n) is 12.2. The molecule has 2 saturated heterocycles. The van der Waals surface area contributed by atoms with Gasteiger partial charge in [-0.2, -0.15) is 0 Å². The topological polar surface area (TPSA) is 65.1 Å². The van der Waals surface area contributed by atoms with Crippen LogP contribution >= 0.6 is 11.6 Å². The molecule has 2 heterocycles. The summed E-state index contributed by atoms with van der Waals surface area (Å²) in [4.78, 5) is 4.84. The van der Waals surface area contributed by atoms with Crippen molar-refractivity contribution in [1.82, 2.24) is 4.90 Å². The first kappa shape index (κ1) is 14.5. The van der Waals surface area contributed by atoms with Gasteiger partial charge in [0.15, 0.2) is 5.84 Å². The average molecular weight is 309 g/mol. The van der Waals surface area contributed by atoms with Gasteiger partial charge < -0.3 is 15.8 Å². The number of halogens is 1. The van der Waals surface area contributed by atoms with Gasteiger partial charge in [0.25, 0.3) is 0 Å². The number of amidine groups is 1. The van der Waals surface area contributed by atoms with Gasteiger partial charge in [0.1, 0.15) is 0 Å². The Morgan fingerprint density at radius 3 is 2.86 bits per heavy atom. The maximum absolute atomic E-state index is 9.00. The summed E-state index contributed by atoms with van der Waals surface area (Å²) in [7, 11) is 2.22. The lowest BCUT2D eigenvalue weighted by atomic mass is 10.1. The Kier molecular flexibility index (Phi) is 3.95. The quantitative estimate of drug-likeness (QED) is 0.380. The van der Waals surface area contributed by atoms with E-state index in [0.29, 0.717) is 22.7 Å². The van der Waals surface area contributed by atoms with Crippen molar-refractivity contribution in [2.75, 3.05) is 25.0 Å². The number of benzene rings is 1. The van der Waals surface area contributed by atoms with E-state index in [0.717, 1.165) is 25.2 Å². The van der Waals surface area contributed by atoms with E-state index in [1.807, 2.05) is 12.1 Å². The molecule has 114 valence electrons. The van der Waals surface area contributed by atoms with Crippen LogP contribution < -0.4 is 10.6 Å². The van der Waals surface area contributed by atoms with Gasteiger partial charge in [-0.3, -0.25) is 4.90 Å². The van der Waals surface area contributed by atoms with Gasteiger partial charge in [0.2, 0.25) is 0 Å². The molecule has 6 heteroatoms. The minimum atomic E-state index is 0.107. The molecular formula is C15H21ClN4O. The van der Waals surface area contributed by atoms with E-state index in [1.165, 1.54) is 12.8 Å². The van der Waals surface area contributed by atoms with Crippen molar-refractivity contribution >= 4 is 23.1 Å². The molecule has 1 aromatic carbocycles. The Morgan fingerprint density at radius 2 is 2.10 bits per heavy atom. The number of anilines is 1. The van der Waals surface area contributed by atoms with Crippen molar-refractivity contribution in [2.24, 2.45) is 10.9 Å². The van der Waals surface area contributed by atoms with Gasteiger partial charge in [-0.25, -0.2) is 0 Å². The highest BCUT2D eigenvalue weighted by Gasteiger charge is 2.35. The summed E-state index contributed by atoms with van der Waals surface area (Å²) in [5.41, 5.74) is 7.51. The molecule has 2 aliphatic rings. The van der Waals surface area contributed by atoms with Gasteiger partial charge >= 0.3 is 0 Å². The highest BCUT2D eigenvalue weighted by Crippen LogP contribution is 2.32. The fourth-order valence-electron chi connectivity index (χ4n) is 3.57. The van der Waals surface area contributed by atoms with Crippen LogP contribution in [0.25, 0.3) is 0 Å².